The summed E-state index contributed by atoms with van der Waals surface area (Å²) < 4.78 is 32.1. The molecule has 0 saturated heterocycles. The topological polar surface area (TPSA) is 61.2 Å². The van der Waals surface area contributed by atoms with E-state index in [-0.39, 0.29) is 4.90 Å². The van der Waals surface area contributed by atoms with Gasteiger partial charge in [0.25, 0.3) is 10.0 Å². The number of benzene rings is 2. The third kappa shape index (κ3) is 2.44. The molecule has 5 nitrogen and oxygen atoms in total. The van der Waals surface area contributed by atoms with Gasteiger partial charge in [-0.25, -0.2) is 17.4 Å². The highest BCUT2D eigenvalue weighted by Crippen LogP contribution is 2.29. The molecular formula is C15H13ClN2O3S. The molecule has 3 aromatic rings. The number of aromatic nitrogens is 2. The molecule has 0 atom stereocenters. The van der Waals surface area contributed by atoms with Crippen LogP contribution < -0.4 is 4.74 Å². The van der Waals surface area contributed by atoms with Crippen molar-refractivity contribution in [2.24, 2.45) is 0 Å². The zero-order valence-electron chi connectivity index (χ0n) is 11.7. The summed E-state index contributed by atoms with van der Waals surface area (Å²) in [5.74, 6) is 0.342. The number of hydrogen-bond acceptors (Lipinski definition) is 4. The molecule has 7 heteroatoms. The van der Waals surface area contributed by atoms with Gasteiger partial charge in [0.05, 0.1) is 27.6 Å². The van der Waals surface area contributed by atoms with Crippen LogP contribution in [0.2, 0.25) is 5.02 Å². The Hall–Kier alpha value is -2.05. The van der Waals surface area contributed by atoms with Crippen LogP contribution in [0.3, 0.4) is 0 Å². The molecule has 0 aliphatic heterocycles. The van der Waals surface area contributed by atoms with Crippen LogP contribution in [-0.4, -0.2) is 24.0 Å². The largest absolute Gasteiger partial charge is 0.492 e. The summed E-state index contributed by atoms with van der Waals surface area (Å²) in [5, 5.41) is 0.372. The van der Waals surface area contributed by atoms with Gasteiger partial charge in [-0.15, -0.1) is 0 Å². The van der Waals surface area contributed by atoms with Crippen LogP contribution in [0.4, 0.5) is 0 Å². The predicted molar refractivity (Wildman–Crippen MR) is 84.9 cm³/mol. The fourth-order valence-electron chi connectivity index (χ4n) is 2.15. The van der Waals surface area contributed by atoms with Gasteiger partial charge in [0.1, 0.15) is 12.1 Å². The van der Waals surface area contributed by atoms with Crippen molar-refractivity contribution in [3.63, 3.8) is 0 Å². The van der Waals surface area contributed by atoms with Crippen LogP contribution in [0, 0.1) is 0 Å². The van der Waals surface area contributed by atoms with Gasteiger partial charge in [0.2, 0.25) is 0 Å². The Bertz CT molecular complexity index is 935. The smallest absolute Gasteiger partial charge is 0.269 e. The Morgan fingerprint density at radius 1 is 1.23 bits per heavy atom. The van der Waals surface area contributed by atoms with Crippen molar-refractivity contribution >= 4 is 32.7 Å². The van der Waals surface area contributed by atoms with Crippen LogP contribution in [-0.2, 0) is 10.0 Å². The lowest BCUT2D eigenvalue weighted by Crippen LogP contribution is -2.12. The molecule has 0 spiro atoms. The van der Waals surface area contributed by atoms with Crippen molar-refractivity contribution < 1.29 is 13.2 Å². The predicted octanol–water partition coefficient (Wildman–Crippen LogP) is 3.33. The average Bonchev–Trinajstić information content (AvgIpc) is 2.94. The lowest BCUT2D eigenvalue weighted by Gasteiger charge is -2.10. The molecule has 0 saturated carbocycles. The lowest BCUT2D eigenvalue weighted by atomic mass is 10.3. The van der Waals surface area contributed by atoms with E-state index in [4.69, 9.17) is 16.3 Å². The van der Waals surface area contributed by atoms with E-state index in [1.807, 2.05) is 6.07 Å². The molecule has 22 heavy (non-hydrogen) atoms. The number of nitrogens with zero attached hydrogens (tertiary/aromatic N) is 2. The number of imidazole rings is 1. The standard InChI is InChI=1S/C15H13ClN2O3S/c1-2-21-15-9-11(7-8-12(15)16)22(19,20)18-10-17-13-5-3-4-6-14(13)18/h3-10H,2H2,1H3. The van der Waals surface area contributed by atoms with Crippen LogP contribution in [0.1, 0.15) is 6.92 Å². The highest BCUT2D eigenvalue weighted by molar-refractivity contribution is 7.90. The normalized spacial score (nSPS) is 11.7. The molecule has 1 aromatic heterocycles. The number of ether oxygens (including phenoxy) is 1. The quantitative estimate of drug-likeness (QED) is 0.733. The average molecular weight is 337 g/mol. The van der Waals surface area contributed by atoms with Gasteiger partial charge in [0, 0.05) is 6.07 Å². The minimum absolute atomic E-state index is 0.100. The first-order valence-electron chi connectivity index (χ1n) is 6.64. The van der Waals surface area contributed by atoms with Crippen LogP contribution in [0.25, 0.3) is 11.0 Å². The highest BCUT2D eigenvalue weighted by atomic mass is 35.5. The summed E-state index contributed by atoms with van der Waals surface area (Å²) in [7, 11) is -3.76. The zero-order chi connectivity index (χ0) is 15.7. The monoisotopic (exact) mass is 336 g/mol. The van der Waals surface area contributed by atoms with E-state index in [1.54, 1.807) is 25.1 Å². The van der Waals surface area contributed by atoms with E-state index in [9.17, 15) is 8.42 Å². The van der Waals surface area contributed by atoms with Crippen molar-refractivity contribution in [2.75, 3.05) is 6.61 Å². The summed E-state index contributed by atoms with van der Waals surface area (Å²) in [4.78, 5) is 4.21. The molecule has 0 unspecified atom stereocenters. The van der Waals surface area contributed by atoms with Gasteiger partial charge in [-0.2, -0.15) is 0 Å². The van der Waals surface area contributed by atoms with Crippen molar-refractivity contribution in [1.82, 2.24) is 8.96 Å². The second-order valence-corrected chi connectivity index (χ2v) is 6.78. The van der Waals surface area contributed by atoms with Gasteiger partial charge in [0.15, 0.2) is 0 Å². The number of para-hydroxylation sites is 2. The molecule has 2 aromatic carbocycles. The molecule has 0 N–H and O–H groups in total. The minimum Gasteiger partial charge on any atom is -0.492 e. The van der Waals surface area contributed by atoms with Crippen molar-refractivity contribution in [3.8, 4) is 5.75 Å². The van der Waals surface area contributed by atoms with Crippen LogP contribution >= 0.6 is 11.6 Å². The van der Waals surface area contributed by atoms with Gasteiger partial charge < -0.3 is 4.74 Å². The van der Waals surface area contributed by atoms with Crippen molar-refractivity contribution in [3.05, 3.63) is 53.8 Å². The molecule has 0 fully saturated rings. The van der Waals surface area contributed by atoms with Crippen molar-refractivity contribution in [2.45, 2.75) is 11.8 Å². The number of halogens is 1. The highest BCUT2D eigenvalue weighted by Gasteiger charge is 2.21. The molecule has 1 heterocycles. The number of fused-ring (bicyclic) bond motifs is 1. The maximum atomic E-state index is 12.8. The lowest BCUT2D eigenvalue weighted by molar-refractivity contribution is 0.339. The second-order valence-electron chi connectivity index (χ2n) is 4.56. The molecule has 0 amide bonds. The first kappa shape index (κ1) is 14.9. The summed E-state index contributed by atoms with van der Waals surface area (Å²) in [6, 6.07) is 11.4. The van der Waals surface area contributed by atoms with E-state index < -0.39 is 10.0 Å². The van der Waals surface area contributed by atoms with Gasteiger partial charge in [-0.1, -0.05) is 23.7 Å². The van der Waals surface area contributed by atoms with Crippen LogP contribution in [0.5, 0.6) is 5.75 Å². The molecule has 0 radical (unpaired) electrons. The fourth-order valence-corrected chi connectivity index (χ4v) is 3.63. The Balaban J connectivity index is 2.16. The maximum Gasteiger partial charge on any atom is 0.269 e. The molecule has 114 valence electrons. The van der Waals surface area contributed by atoms with E-state index in [0.29, 0.717) is 28.4 Å². The Morgan fingerprint density at radius 2 is 2.00 bits per heavy atom. The first-order chi connectivity index (χ1) is 10.5. The summed E-state index contributed by atoms with van der Waals surface area (Å²) >= 11 is 6.01. The summed E-state index contributed by atoms with van der Waals surface area (Å²) in [5.41, 5.74) is 1.14. The van der Waals surface area contributed by atoms with Gasteiger partial charge in [-0.05, 0) is 31.2 Å². The summed E-state index contributed by atoms with van der Waals surface area (Å²) in [6.07, 6.45) is 1.30. The zero-order valence-corrected chi connectivity index (χ0v) is 13.3. The summed E-state index contributed by atoms with van der Waals surface area (Å²) in [6.45, 7) is 2.21. The third-order valence-electron chi connectivity index (χ3n) is 3.18. The van der Waals surface area contributed by atoms with E-state index in [0.717, 1.165) is 3.97 Å². The van der Waals surface area contributed by atoms with Gasteiger partial charge in [-0.3, -0.25) is 0 Å². The Kier molecular flexibility index (Phi) is 3.80. The number of hydrogen-bond donors (Lipinski definition) is 0. The SMILES string of the molecule is CCOc1cc(S(=O)(=O)n2cnc3ccccc32)ccc1Cl. The third-order valence-corrected chi connectivity index (χ3v) is 5.15. The molecule has 0 bridgehead atoms. The molecule has 3 rings (SSSR count). The van der Waals surface area contributed by atoms with Crippen molar-refractivity contribution in [1.29, 1.82) is 0 Å². The molecule has 0 aliphatic rings. The fraction of sp³-hybridized carbons (Fsp3) is 0.133. The van der Waals surface area contributed by atoms with E-state index >= 15 is 0 Å². The molecular weight excluding hydrogens is 324 g/mol. The molecule has 0 aliphatic carbocycles. The number of rotatable bonds is 4. The Labute approximate surface area is 133 Å². The van der Waals surface area contributed by atoms with Gasteiger partial charge >= 0.3 is 0 Å². The second kappa shape index (κ2) is 5.62. The van der Waals surface area contributed by atoms with Crippen LogP contribution in [0.15, 0.2) is 53.7 Å². The van der Waals surface area contributed by atoms with E-state index in [2.05, 4.69) is 4.98 Å². The maximum absolute atomic E-state index is 12.8. The minimum atomic E-state index is -3.76. The Morgan fingerprint density at radius 3 is 2.77 bits per heavy atom. The van der Waals surface area contributed by atoms with E-state index in [1.165, 1.54) is 24.5 Å². The first-order valence-corrected chi connectivity index (χ1v) is 8.46.